The van der Waals surface area contributed by atoms with Gasteiger partial charge in [0.2, 0.25) is 0 Å². The second-order valence-electron chi connectivity index (χ2n) is 4.54. The van der Waals surface area contributed by atoms with Crippen molar-refractivity contribution in [1.29, 1.82) is 0 Å². The van der Waals surface area contributed by atoms with Crippen LogP contribution in [0.25, 0.3) is 0 Å². The summed E-state index contributed by atoms with van der Waals surface area (Å²) in [7, 11) is 0. The average molecular weight is 354 g/mol. The first-order chi connectivity index (χ1) is 9.44. The first-order valence-corrected chi connectivity index (χ1v) is 7.14. The van der Waals surface area contributed by atoms with Gasteiger partial charge in [-0.1, -0.05) is 15.9 Å². The molecule has 0 spiro atoms. The predicted octanol–water partition coefficient (Wildman–Crippen LogP) is 3.82. The Balaban J connectivity index is 1.95. The van der Waals surface area contributed by atoms with Crippen molar-refractivity contribution in [3.8, 4) is 11.5 Å². The minimum absolute atomic E-state index is 0.102. The Morgan fingerprint density at radius 2 is 1.85 bits per heavy atom. The van der Waals surface area contributed by atoms with Crippen LogP contribution in [0.2, 0.25) is 0 Å². The van der Waals surface area contributed by atoms with Crippen molar-refractivity contribution in [1.82, 2.24) is 4.90 Å². The summed E-state index contributed by atoms with van der Waals surface area (Å²) in [5, 5.41) is 0. The van der Waals surface area contributed by atoms with Gasteiger partial charge in [-0.05, 0) is 44.1 Å². The van der Waals surface area contributed by atoms with Crippen LogP contribution in [-0.2, 0) is 0 Å². The molecule has 0 amide bonds. The molecule has 3 nitrogen and oxygen atoms in total. The van der Waals surface area contributed by atoms with E-state index < -0.39 is 6.36 Å². The van der Waals surface area contributed by atoms with Crippen molar-refractivity contribution in [2.45, 2.75) is 19.2 Å². The molecule has 1 aliphatic rings. The monoisotopic (exact) mass is 353 g/mol. The Hall–Kier alpha value is -0.950. The molecule has 0 saturated carbocycles. The highest BCUT2D eigenvalue weighted by Crippen LogP contribution is 2.34. The van der Waals surface area contributed by atoms with Crippen LogP contribution < -0.4 is 9.47 Å². The standard InChI is InChI=1S/C13H15BrF3NO2/c14-10-3-4-11(12(9-10)20-13(15,16)17)19-8-7-18-5-1-2-6-18/h3-4,9H,1-2,5-8H2. The Bertz CT molecular complexity index is 448. The highest BCUT2D eigenvalue weighted by atomic mass is 79.9. The number of benzene rings is 1. The number of hydrogen-bond acceptors (Lipinski definition) is 3. The number of alkyl halides is 3. The van der Waals surface area contributed by atoms with Crippen molar-refractivity contribution >= 4 is 15.9 Å². The van der Waals surface area contributed by atoms with Gasteiger partial charge in [0.1, 0.15) is 6.61 Å². The molecule has 2 rings (SSSR count). The van der Waals surface area contributed by atoms with E-state index in [1.54, 1.807) is 6.07 Å². The third-order valence-corrected chi connectivity index (χ3v) is 3.49. The van der Waals surface area contributed by atoms with Crippen molar-refractivity contribution in [3.63, 3.8) is 0 Å². The lowest BCUT2D eigenvalue weighted by molar-refractivity contribution is -0.275. The minimum atomic E-state index is -4.73. The lowest BCUT2D eigenvalue weighted by Gasteiger charge is -2.17. The summed E-state index contributed by atoms with van der Waals surface area (Å²) < 4.78 is 46.8. The van der Waals surface area contributed by atoms with Gasteiger partial charge in [-0.15, -0.1) is 13.2 Å². The zero-order chi connectivity index (χ0) is 14.6. The van der Waals surface area contributed by atoms with Crippen molar-refractivity contribution in [3.05, 3.63) is 22.7 Å². The average Bonchev–Trinajstić information content (AvgIpc) is 2.83. The van der Waals surface area contributed by atoms with Crippen LogP contribution in [0.5, 0.6) is 11.5 Å². The fraction of sp³-hybridized carbons (Fsp3) is 0.538. The van der Waals surface area contributed by atoms with Crippen LogP contribution in [-0.4, -0.2) is 37.5 Å². The van der Waals surface area contributed by atoms with E-state index in [1.807, 2.05) is 0 Å². The number of likely N-dealkylation sites (tertiary alicyclic amines) is 1. The maximum Gasteiger partial charge on any atom is 0.573 e. The largest absolute Gasteiger partial charge is 0.573 e. The summed E-state index contributed by atoms with van der Waals surface area (Å²) in [5.74, 6) is -0.224. The first-order valence-electron chi connectivity index (χ1n) is 6.34. The lowest BCUT2D eigenvalue weighted by atomic mass is 10.3. The van der Waals surface area contributed by atoms with Crippen LogP contribution in [0, 0.1) is 0 Å². The zero-order valence-corrected chi connectivity index (χ0v) is 12.3. The summed E-state index contributed by atoms with van der Waals surface area (Å²) >= 11 is 3.11. The highest BCUT2D eigenvalue weighted by Gasteiger charge is 2.32. The number of nitrogens with zero attached hydrogens (tertiary/aromatic N) is 1. The molecule has 0 bridgehead atoms. The molecule has 1 saturated heterocycles. The predicted molar refractivity (Wildman–Crippen MR) is 72.0 cm³/mol. The molecule has 1 aromatic rings. The molecule has 0 N–H and O–H groups in total. The summed E-state index contributed by atoms with van der Waals surface area (Å²) in [6.07, 6.45) is -2.39. The maximum atomic E-state index is 12.3. The molecular weight excluding hydrogens is 339 g/mol. The molecule has 112 valence electrons. The van der Waals surface area contributed by atoms with Gasteiger partial charge in [-0.3, -0.25) is 4.90 Å². The van der Waals surface area contributed by atoms with Crippen LogP contribution in [0.15, 0.2) is 22.7 Å². The van der Waals surface area contributed by atoms with Gasteiger partial charge >= 0.3 is 6.36 Å². The topological polar surface area (TPSA) is 21.7 Å². The van der Waals surface area contributed by atoms with E-state index in [4.69, 9.17) is 4.74 Å². The SMILES string of the molecule is FC(F)(F)Oc1cc(Br)ccc1OCCN1CCCC1. The Morgan fingerprint density at radius 3 is 2.50 bits per heavy atom. The summed E-state index contributed by atoms with van der Waals surface area (Å²) in [6, 6.07) is 4.34. The van der Waals surface area contributed by atoms with Gasteiger partial charge in [0.05, 0.1) is 0 Å². The van der Waals surface area contributed by atoms with E-state index in [9.17, 15) is 13.2 Å². The molecular formula is C13H15BrF3NO2. The molecule has 0 aromatic heterocycles. The van der Waals surface area contributed by atoms with Crippen LogP contribution in [0.1, 0.15) is 12.8 Å². The van der Waals surface area contributed by atoms with Crippen molar-refractivity contribution < 1.29 is 22.6 Å². The van der Waals surface area contributed by atoms with Crippen molar-refractivity contribution in [2.24, 2.45) is 0 Å². The van der Waals surface area contributed by atoms with Crippen LogP contribution in [0.4, 0.5) is 13.2 Å². The maximum absolute atomic E-state index is 12.3. The number of halogens is 4. The molecule has 0 radical (unpaired) electrons. The second kappa shape index (κ2) is 6.67. The molecule has 1 aromatic carbocycles. The van der Waals surface area contributed by atoms with Crippen LogP contribution in [0.3, 0.4) is 0 Å². The number of rotatable bonds is 5. The number of ether oxygens (including phenoxy) is 2. The summed E-state index contributed by atoms with van der Waals surface area (Å²) in [4.78, 5) is 2.23. The first kappa shape index (κ1) is 15.4. The van der Waals surface area contributed by atoms with E-state index in [0.717, 1.165) is 13.1 Å². The van der Waals surface area contributed by atoms with Crippen molar-refractivity contribution in [2.75, 3.05) is 26.2 Å². The Labute approximate surface area is 123 Å². The minimum Gasteiger partial charge on any atom is -0.488 e. The highest BCUT2D eigenvalue weighted by molar-refractivity contribution is 9.10. The van der Waals surface area contributed by atoms with E-state index in [-0.39, 0.29) is 11.5 Å². The van der Waals surface area contributed by atoms with Gasteiger partial charge in [0.25, 0.3) is 0 Å². The number of hydrogen-bond donors (Lipinski definition) is 0. The van der Waals surface area contributed by atoms with Gasteiger partial charge < -0.3 is 9.47 Å². The summed E-state index contributed by atoms with van der Waals surface area (Å²) in [6.45, 7) is 3.10. The van der Waals surface area contributed by atoms with E-state index in [1.165, 1.54) is 25.0 Å². The fourth-order valence-corrected chi connectivity index (χ4v) is 2.44. The molecule has 1 heterocycles. The Kier molecular flexibility index (Phi) is 5.15. The molecule has 0 aliphatic carbocycles. The summed E-state index contributed by atoms with van der Waals surface area (Å²) in [5.41, 5.74) is 0. The molecule has 7 heteroatoms. The molecule has 0 unspecified atom stereocenters. The van der Waals surface area contributed by atoms with Gasteiger partial charge in [0.15, 0.2) is 11.5 Å². The van der Waals surface area contributed by atoms with Crippen LogP contribution >= 0.6 is 15.9 Å². The third kappa shape index (κ3) is 4.86. The quantitative estimate of drug-likeness (QED) is 0.803. The Morgan fingerprint density at radius 1 is 1.15 bits per heavy atom. The molecule has 1 aliphatic heterocycles. The fourth-order valence-electron chi connectivity index (χ4n) is 2.10. The van der Waals surface area contributed by atoms with Gasteiger partial charge in [0, 0.05) is 11.0 Å². The molecule has 20 heavy (non-hydrogen) atoms. The second-order valence-corrected chi connectivity index (χ2v) is 5.45. The van der Waals surface area contributed by atoms with E-state index in [0.29, 0.717) is 17.6 Å². The molecule has 0 atom stereocenters. The van der Waals surface area contributed by atoms with Gasteiger partial charge in [-0.25, -0.2) is 0 Å². The molecule has 1 fully saturated rings. The van der Waals surface area contributed by atoms with Gasteiger partial charge in [-0.2, -0.15) is 0 Å². The third-order valence-electron chi connectivity index (χ3n) is 3.00. The smallest absolute Gasteiger partial charge is 0.488 e. The normalized spacial score (nSPS) is 16.4. The lowest BCUT2D eigenvalue weighted by Crippen LogP contribution is -2.25. The zero-order valence-electron chi connectivity index (χ0n) is 10.8. The van der Waals surface area contributed by atoms with E-state index >= 15 is 0 Å². The van der Waals surface area contributed by atoms with E-state index in [2.05, 4.69) is 25.6 Å².